The quantitative estimate of drug-likeness (QED) is 0.523. The fourth-order valence-corrected chi connectivity index (χ4v) is 5.77. The second-order valence-electron chi connectivity index (χ2n) is 8.08. The number of carbonyl (C=O) groups is 1. The number of ether oxygens (including phenoxy) is 2. The zero-order valence-electron chi connectivity index (χ0n) is 18.4. The lowest BCUT2D eigenvalue weighted by Crippen LogP contribution is -2.27. The van der Waals surface area contributed by atoms with Gasteiger partial charge in [0.1, 0.15) is 5.75 Å². The first kappa shape index (κ1) is 21.8. The van der Waals surface area contributed by atoms with Gasteiger partial charge in [-0.2, -0.15) is 0 Å². The van der Waals surface area contributed by atoms with Crippen LogP contribution in [-0.2, 0) is 11.3 Å². The highest BCUT2D eigenvalue weighted by molar-refractivity contribution is 7.21. The molecule has 1 N–H and O–H groups in total. The van der Waals surface area contributed by atoms with E-state index in [4.69, 9.17) is 9.47 Å². The molecule has 1 atom stereocenters. The van der Waals surface area contributed by atoms with E-state index in [1.54, 1.807) is 25.6 Å². The molecule has 2 aromatic carbocycles. The second kappa shape index (κ2) is 9.81. The van der Waals surface area contributed by atoms with Crippen LogP contribution in [-0.4, -0.2) is 51.3 Å². The average molecular weight is 439 g/mol. The van der Waals surface area contributed by atoms with Gasteiger partial charge in [0.05, 0.1) is 18.6 Å². The number of aryl methyl sites for hydroxylation is 1. The van der Waals surface area contributed by atoms with Crippen molar-refractivity contribution in [2.45, 2.75) is 25.8 Å². The predicted octanol–water partition coefficient (Wildman–Crippen LogP) is 4.58. The third kappa shape index (κ3) is 4.61. The summed E-state index contributed by atoms with van der Waals surface area (Å²) in [6, 6.07) is 14.7. The Morgan fingerprint density at radius 2 is 2.03 bits per heavy atom. The van der Waals surface area contributed by atoms with Gasteiger partial charge in [0.25, 0.3) is 5.91 Å². The molecule has 5 nitrogen and oxygen atoms in total. The minimum Gasteiger partial charge on any atom is -0.496 e. The molecular weight excluding hydrogens is 408 g/mol. The number of hydrogen-bond acceptors (Lipinski definition) is 5. The molecular formula is C25H30N2O3S. The Balaban J connectivity index is 1.57. The molecule has 1 aliphatic heterocycles. The van der Waals surface area contributed by atoms with Crippen molar-refractivity contribution in [1.82, 2.24) is 10.2 Å². The number of nitrogens with one attached hydrogen (secondary N) is 1. The minimum absolute atomic E-state index is 0.00653. The summed E-state index contributed by atoms with van der Waals surface area (Å²) in [6.45, 7) is 5.93. The summed E-state index contributed by atoms with van der Waals surface area (Å²) in [5, 5.41) is 4.23. The lowest BCUT2D eigenvalue weighted by atomic mass is 9.95. The van der Waals surface area contributed by atoms with Crippen LogP contribution in [0.4, 0.5) is 0 Å². The lowest BCUT2D eigenvalue weighted by molar-refractivity contribution is 0.0940. The molecule has 2 heterocycles. The third-order valence-electron chi connectivity index (χ3n) is 6.00. The molecule has 0 bridgehead atoms. The highest BCUT2D eigenvalue weighted by atomic mass is 32.1. The number of likely N-dealkylation sites (tertiary alicyclic amines) is 1. The number of rotatable bonds is 8. The zero-order valence-corrected chi connectivity index (χ0v) is 19.3. The Labute approximate surface area is 188 Å². The number of fused-ring (bicyclic) bond motifs is 1. The van der Waals surface area contributed by atoms with E-state index in [2.05, 4.69) is 53.5 Å². The van der Waals surface area contributed by atoms with Crippen molar-refractivity contribution in [2.75, 3.05) is 40.5 Å². The molecule has 1 amide bonds. The normalized spacial score (nSPS) is 16.7. The maximum Gasteiger partial charge on any atom is 0.261 e. The average Bonchev–Trinajstić information content (AvgIpc) is 3.38. The molecule has 1 aromatic heterocycles. The number of benzene rings is 2. The summed E-state index contributed by atoms with van der Waals surface area (Å²) in [6.07, 6.45) is 1.05. The van der Waals surface area contributed by atoms with Gasteiger partial charge >= 0.3 is 0 Å². The Hall–Kier alpha value is -2.41. The summed E-state index contributed by atoms with van der Waals surface area (Å²) in [4.78, 5) is 16.3. The largest absolute Gasteiger partial charge is 0.496 e. The van der Waals surface area contributed by atoms with Gasteiger partial charge in [0.15, 0.2) is 0 Å². The van der Waals surface area contributed by atoms with Gasteiger partial charge in [-0.15, -0.1) is 11.3 Å². The number of thiophene rings is 1. The van der Waals surface area contributed by atoms with Crippen LogP contribution in [0.5, 0.6) is 5.75 Å². The molecule has 0 saturated carbocycles. The van der Waals surface area contributed by atoms with Gasteiger partial charge in [-0.3, -0.25) is 9.69 Å². The number of nitrogens with zero attached hydrogens (tertiary/aromatic N) is 1. The third-order valence-corrected chi connectivity index (χ3v) is 7.19. The standard InChI is InChI=1S/C25H30N2O3S/c1-17-7-6-8-19(23(17)30-3)16-27-13-11-18(15-27)22-20-9-4-5-10-21(20)31-24(22)25(28)26-12-14-29-2/h4-10,18H,11-16H2,1-3H3,(H,26,28). The van der Waals surface area contributed by atoms with E-state index in [1.807, 2.05) is 6.07 Å². The van der Waals surface area contributed by atoms with Crippen LogP contribution in [0.3, 0.4) is 0 Å². The van der Waals surface area contributed by atoms with Crippen LogP contribution in [0.15, 0.2) is 42.5 Å². The summed E-state index contributed by atoms with van der Waals surface area (Å²) in [7, 11) is 3.39. The number of methoxy groups -OCH3 is 2. The van der Waals surface area contributed by atoms with Crippen molar-refractivity contribution in [3.63, 3.8) is 0 Å². The predicted molar refractivity (Wildman–Crippen MR) is 126 cm³/mol. The van der Waals surface area contributed by atoms with E-state index in [0.29, 0.717) is 19.1 Å². The number of carbonyl (C=O) groups excluding carboxylic acids is 1. The van der Waals surface area contributed by atoms with Gasteiger partial charge in [0.2, 0.25) is 0 Å². The molecule has 0 aliphatic carbocycles. The molecule has 3 aromatic rings. The van der Waals surface area contributed by atoms with Gasteiger partial charge < -0.3 is 14.8 Å². The first-order valence-corrected chi connectivity index (χ1v) is 11.6. The van der Waals surface area contributed by atoms with Crippen molar-refractivity contribution in [3.05, 3.63) is 64.0 Å². The van der Waals surface area contributed by atoms with Crippen molar-refractivity contribution in [1.29, 1.82) is 0 Å². The van der Waals surface area contributed by atoms with Gasteiger partial charge in [-0.05, 0) is 42.5 Å². The molecule has 1 saturated heterocycles. The fourth-order valence-electron chi connectivity index (χ4n) is 4.57. The van der Waals surface area contributed by atoms with E-state index >= 15 is 0 Å². The molecule has 1 unspecified atom stereocenters. The molecule has 164 valence electrons. The molecule has 1 aliphatic rings. The summed E-state index contributed by atoms with van der Waals surface area (Å²) in [5.41, 5.74) is 3.58. The zero-order chi connectivity index (χ0) is 21.8. The molecule has 6 heteroatoms. The first-order chi connectivity index (χ1) is 15.1. The van der Waals surface area contributed by atoms with Crippen molar-refractivity contribution < 1.29 is 14.3 Å². The van der Waals surface area contributed by atoms with Crippen LogP contribution in [0.25, 0.3) is 10.1 Å². The van der Waals surface area contributed by atoms with E-state index < -0.39 is 0 Å². The van der Waals surface area contributed by atoms with Crippen LogP contribution < -0.4 is 10.1 Å². The van der Waals surface area contributed by atoms with Crippen molar-refractivity contribution in [2.24, 2.45) is 0 Å². The van der Waals surface area contributed by atoms with Crippen molar-refractivity contribution in [3.8, 4) is 5.75 Å². The maximum atomic E-state index is 13.0. The second-order valence-corrected chi connectivity index (χ2v) is 9.13. The topological polar surface area (TPSA) is 50.8 Å². The van der Waals surface area contributed by atoms with Gasteiger partial charge in [0, 0.05) is 42.9 Å². The van der Waals surface area contributed by atoms with Crippen LogP contribution in [0, 0.1) is 6.92 Å². The molecule has 0 radical (unpaired) electrons. The summed E-state index contributed by atoms with van der Waals surface area (Å²) in [5.74, 6) is 1.33. The minimum atomic E-state index is 0.00653. The molecule has 4 rings (SSSR count). The Bertz CT molecular complexity index is 1060. The fraction of sp³-hybridized carbons (Fsp3) is 0.400. The van der Waals surface area contributed by atoms with E-state index in [-0.39, 0.29) is 5.91 Å². The van der Waals surface area contributed by atoms with E-state index in [0.717, 1.165) is 42.2 Å². The van der Waals surface area contributed by atoms with Gasteiger partial charge in [-0.1, -0.05) is 36.4 Å². The number of hydrogen-bond donors (Lipinski definition) is 1. The summed E-state index contributed by atoms with van der Waals surface area (Å²) < 4.78 is 11.9. The van der Waals surface area contributed by atoms with E-state index in [9.17, 15) is 4.79 Å². The van der Waals surface area contributed by atoms with Crippen LogP contribution >= 0.6 is 11.3 Å². The number of para-hydroxylation sites is 1. The van der Waals surface area contributed by atoms with Crippen LogP contribution in [0.1, 0.15) is 38.7 Å². The Kier molecular flexibility index (Phi) is 6.90. The first-order valence-electron chi connectivity index (χ1n) is 10.8. The van der Waals surface area contributed by atoms with Crippen LogP contribution in [0.2, 0.25) is 0 Å². The number of amides is 1. The lowest BCUT2D eigenvalue weighted by Gasteiger charge is -2.19. The van der Waals surface area contributed by atoms with Crippen molar-refractivity contribution >= 4 is 27.3 Å². The summed E-state index contributed by atoms with van der Waals surface area (Å²) >= 11 is 1.60. The Morgan fingerprint density at radius 1 is 1.19 bits per heavy atom. The van der Waals surface area contributed by atoms with Gasteiger partial charge in [-0.25, -0.2) is 0 Å². The Morgan fingerprint density at radius 3 is 2.84 bits per heavy atom. The monoisotopic (exact) mass is 438 g/mol. The highest BCUT2D eigenvalue weighted by Crippen LogP contribution is 2.40. The SMILES string of the molecule is COCCNC(=O)c1sc2ccccc2c1C1CCN(Cc2cccc(C)c2OC)C1. The van der Waals surface area contributed by atoms with E-state index in [1.165, 1.54) is 21.2 Å². The molecule has 31 heavy (non-hydrogen) atoms. The highest BCUT2D eigenvalue weighted by Gasteiger charge is 2.31. The smallest absolute Gasteiger partial charge is 0.261 e. The molecule has 0 spiro atoms. The molecule has 1 fully saturated rings. The maximum absolute atomic E-state index is 13.0.